The molecule has 2 aliphatic rings. The van der Waals surface area contributed by atoms with Crippen LogP contribution >= 0.6 is 0 Å². The van der Waals surface area contributed by atoms with Gasteiger partial charge in [0.05, 0.1) is 6.04 Å². The lowest BCUT2D eigenvalue weighted by atomic mass is 9.95. The fourth-order valence-electron chi connectivity index (χ4n) is 4.44. The summed E-state index contributed by atoms with van der Waals surface area (Å²) in [6.07, 6.45) is 3.11. The van der Waals surface area contributed by atoms with E-state index in [1.54, 1.807) is 0 Å². The van der Waals surface area contributed by atoms with Crippen molar-refractivity contribution in [2.24, 2.45) is 0 Å². The third-order valence-corrected chi connectivity index (χ3v) is 6.31. The van der Waals surface area contributed by atoms with Gasteiger partial charge < -0.3 is 10.6 Å². The van der Waals surface area contributed by atoms with Crippen LogP contribution in [0.3, 0.4) is 0 Å². The summed E-state index contributed by atoms with van der Waals surface area (Å²) in [7, 11) is 0. The second-order valence-corrected chi connectivity index (χ2v) is 8.37. The minimum atomic E-state index is -0.801. The van der Waals surface area contributed by atoms with E-state index in [1.165, 1.54) is 5.56 Å². The molecular formula is C24H27N3O3. The van der Waals surface area contributed by atoms with Gasteiger partial charge in [-0.1, -0.05) is 61.4 Å². The predicted molar refractivity (Wildman–Crippen MR) is 114 cm³/mol. The highest BCUT2D eigenvalue weighted by atomic mass is 16.2. The number of nitrogens with zero attached hydrogens (tertiary/aromatic N) is 1. The summed E-state index contributed by atoms with van der Waals surface area (Å²) in [6, 6.07) is 15.0. The monoisotopic (exact) mass is 405 g/mol. The van der Waals surface area contributed by atoms with E-state index in [2.05, 4.69) is 16.7 Å². The van der Waals surface area contributed by atoms with Gasteiger partial charge in [0.2, 0.25) is 5.91 Å². The molecule has 4 rings (SSSR count). The average Bonchev–Trinajstić information content (AvgIpc) is 3.30. The van der Waals surface area contributed by atoms with Crippen molar-refractivity contribution in [2.45, 2.75) is 51.1 Å². The maximum Gasteiger partial charge on any atom is 0.325 e. The number of carbonyl (C=O) groups excluding carboxylic acids is 3. The Kier molecular flexibility index (Phi) is 5.33. The van der Waals surface area contributed by atoms with Crippen molar-refractivity contribution in [1.82, 2.24) is 15.5 Å². The Morgan fingerprint density at radius 1 is 1.03 bits per heavy atom. The molecule has 0 bridgehead atoms. The standard InChI is InChI=1S/C24H27N3O3/c1-16-10-11-19(14-17(16)2)21(18-8-4-3-5-9-18)25-20(28)15-27-22(29)24(26-23(27)30)12-6-7-13-24/h3-5,8-11,14,21H,6-7,12-13,15H2,1-2H3,(H,25,28)(H,26,30)/t21-/m0/s1. The lowest BCUT2D eigenvalue weighted by Crippen LogP contribution is -2.45. The van der Waals surface area contributed by atoms with Gasteiger partial charge >= 0.3 is 6.03 Å². The second-order valence-electron chi connectivity index (χ2n) is 8.37. The largest absolute Gasteiger partial charge is 0.344 e. The molecule has 6 heteroatoms. The number of aryl methyl sites for hydroxylation is 2. The number of hydrogen-bond donors (Lipinski definition) is 2. The molecule has 1 aliphatic heterocycles. The summed E-state index contributed by atoms with van der Waals surface area (Å²) in [5.74, 6) is -0.636. The number of imide groups is 1. The molecule has 2 aromatic carbocycles. The molecule has 2 fully saturated rings. The number of nitrogens with one attached hydrogen (secondary N) is 2. The Morgan fingerprint density at radius 2 is 1.73 bits per heavy atom. The molecule has 2 aromatic rings. The SMILES string of the molecule is Cc1ccc([C@@H](NC(=O)CN2C(=O)NC3(CCCC3)C2=O)c2ccccc2)cc1C. The maximum absolute atomic E-state index is 12.9. The Morgan fingerprint density at radius 3 is 2.40 bits per heavy atom. The van der Waals surface area contributed by atoms with Crippen molar-refractivity contribution in [3.8, 4) is 0 Å². The highest BCUT2D eigenvalue weighted by Gasteiger charge is 2.52. The Labute approximate surface area is 176 Å². The summed E-state index contributed by atoms with van der Waals surface area (Å²) in [5, 5.41) is 5.85. The third-order valence-electron chi connectivity index (χ3n) is 6.31. The van der Waals surface area contributed by atoms with Crippen molar-refractivity contribution in [2.75, 3.05) is 6.54 Å². The summed E-state index contributed by atoms with van der Waals surface area (Å²) in [5.41, 5.74) is 3.42. The third kappa shape index (κ3) is 3.70. The molecule has 6 nitrogen and oxygen atoms in total. The van der Waals surface area contributed by atoms with Gasteiger partial charge in [-0.25, -0.2) is 4.79 Å². The first kappa shape index (κ1) is 20.1. The molecule has 4 amide bonds. The van der Waals surface area contributed by atoms with Crippen molar-refractivity contribution in [3.05, 3.63) is 70.8 Å². The van der Waals surface area contributed by atoms with Gasteiger partial charge in [0.25, 0.3) is 5.91 Å². The molecule has 156 valence electrons. The highest BCUT2D eigenvalue weighted by molar-refractivity contribution is 6.09. The predicted octanol–water partition coefficient (Wildman–Crippen LogP) is 3.37. The van der Waals surface area contributed by atoms with E-state index in [9.17, 15) is 14.4 Å². The number of urea groups is 1. The Balaban J connectivity index is 1.54. The first-order valence-electron chi connectivity index (χ1n) is 10.5. The van der Waals surface area contributed by atoms with Gasteiger partial charge in [0, 0.05) is 0 Å². The van der Waals surface area contributed by atoms with Crippen LogP contribution in [-0.2, 0) is 9.59 Å². The van der Waals surface area contributed by atoms with Gasteiger partial charge in [-0.05, 0) is 48.9 Å². The smallest absolute Gasteiger partial charge is 0.325 e. The van der Waals surface area contributed by atoms with E-state index >= 15 is 0 Å². The van der Waals surface area contributed by atoms with Crippen LogP contribution in [0.1, 0.15) is 54.0 Å². The van der Waals surface area contributed by atoms with Crippen LogP contribution in [0.25, 0.3) is 0 Å². The zero-order valence-electron chi connectivity index (χ0n) is 17.4. The van der Waals surface area contributed by atoms with Gasteiger partial charge in [0.15, 0.2) is 0 Å². The van der Waals surface area contributed by atoms with Gasteiger partial charge in [0.1, 0.15) is 12.1 Å². The molecule has 1 saturated heterocycles. The second kappa shape index (κ2) is 7.94. The highest BCUT2D eigenvalue weighted by Crippen LogP contribution is 2.35. The minimum Gasteiger partial charge on any atom is -0.344 e. The first-order valence-corrected chi connectivity index (χ1v) is 10.5. The summed E-state index contributed by atoms with van der Waals surface area (Å²) < 4.78 is 0. The van der Waals surface area contributed by atoms with E-state index in [0.717, 1.165) is 34.4 Å². The molecule has 1 heterocycles. The number of carbonyl (C=O) groups is 3. The zero-order valence-corrected chi connectivity index (χ0v) is 17.4. The Hall–Kier alpha value is -3.15. The fourth-order valence-corrected chi connectivity index (χ4v) is 4.44. The number of amides is 4. The summed E-state index contributed by atoms with van der Waals surface area (Å²) in [6.45, 7) is 3.81. The van der Waals surface area contributed by atoms with Crippen LogP contribution in [-0.4, -0.2) is 34.8 Å². The van der Waals surface area contributed by atoms with Gasteiger partial charge in [-0.3, -0.25) is 14.5 Å². The van der Waals surface area contributed by atoms with E-state index in [-0.39, 0.29) is 24.4 Å². The molecule has 1 atom stereocenters. The van der Waals surface area contributed by atoms with Crippen molar-refractivity contribution in [3.63, 3.8) is 0 Å². The van der Waals surface area contributed by atoms with Crippen molar-refractivity contribution < 1.29 is 14.4 Å². The molecular weight excluding hydrogens is 378 g/mol. The van der Waals surface area contributed by atoms with Crippen LogP contribution in [0.5, 0.6) is 0 Å². The number of rotatable bonds is 5. The lowest BCUT2D eigenvalue weighted by Gasteiger charge is -2.23. The molecule has 2 N–H and O–H groups in total. The van der Waals surface area contributed by atoms with E-state index in [1.807, 2.05) is 56.3 Å². The maximum atomic E-state index is 12.9. The van der Waals surface area contributed by atoms with E-state index in [4.69, 9.17) is 0 Å². The average molecular weight is 405 g/mol. The van der Waals surface area contributed by atoms with Gasteiger partial charge in [-0.15, -0.1) is 0 Å². The quantitative estimate of drug-likeness (QED) is 0.749. The van der Waals surface area contributed by atoms with Crippen LogP contribution in [0, 0.1) is 13.8 Å². The minimum absolute atomic E-state index is 0.275. The van der Waals surface area contributed by atoms with Crippen LogP contribution in [0.4, 0.5) is 4.79 Å². The van der Waals surface area contributed by atoms with Gasteiger partial charge in [-0.2, -0.15) is 0 Å². The molecule has 1 aliphatic carbocycles. The first-order chi connectivity index (χ1) is 14.4. The Bertz CT molecular complexity index is 980. The van der Waals surface area contributed by atoms with Crippen molar-refractivity contribution in [1.29, 1.82) is 0 Å². The van der Waals surface area contributed by atoms with Crippen molar-refractivity contribution >= 4 is 17.8 Å². The molecule has 0 aromatic heterocycles. The lowest BCUT2D eigenvalue weighted by molar-refractivity contribution is -0.135. The normalized spacial score (nSPS) is 18.5. The molecule has 0 radical (unpaired) electrons. The summed E-state index contributed by atoms with van der Waals surface area (Å²) >= 11 is 0. The van der Waals surface area contributed by atoms with Crippen LogP contribution < -0.4 is 10.6 Å². The molecule has 0 unspecified atom stereocenters. The van der Waals surface area contributed by atoms with Crippen LogP contribution in [0.15, 0.2) is 48.5 Å². The number of hydrogen-bond acceptors (Lipinski definition) is 3. The topological polar surface area (TPSA) is 78.5 Å². The fraction of sp³-hybridized carbons (Fsp3) is 0.375. The van der Waals surface area contributed by atoms with E-state index < -0.39 is 11.6 Å². The number of benzene rings is 2. The summed E-state index contributed by atoms with van der Waals surface area (Å²) in [4.78, 5) is 39.2. The van der Waals surface area contributed by atoms with E-state index in [0.29, 0.717) is 12.8 Å². The molecule has 30 heavy (non-hydrogen) atoms. The van der Waals surface area contributed by atoms with Crippen LogP contribution in [0.2, 0.25) is 0 Å². The zero-order chi connectivity index (χ0) is 21.3. The molecule has 1 saturated carbocycles. The molecule has 1 spiro atoms.